The van der Waals surface area contributed by atoms with Gasteiger partial charge in [-0.05, 0) is 42.8 Å². The van der Waals surface area contributed by atoms with Gasteiger partial charge < -0.3 is 14.5 Å². The molecule has 1 aliphatic heterocycles. The summed E-state index contributed by atoms with van der Waals surface area (Å²) in [6, 6.07) is 10.7. The fourth-order valence-electron chi connectivity index (χ4n) is 2.88. The maximum absolute atomic E-state index is 12.6. The lowest BCUT2D eigenvalue weighted by molar-refractivity contribution is 0.0535. The second-order valence-electron chi connectivity index (χ2n) is 6.20. The molecule has 0 spiro atoms. The number of benzene rings is 1. The molecule has 136 valence electrons. The van der Waals surface area contributed by atoms with Gasteiger partial charge in [-0.15, -0.1) is 0 Å². The van der Waals surface area contributed by atoms with E-state index in [1.807, 2.05) is 12.1 Å². The third-order valence-electron chi connectivity index (χ3n) is 4.34. The number of rotatable bonds is 5. The van der Waals surface area contributed by atoms with E-state index in [0.717, 1.165) is 12.2 Å². The highest BCUT2D eigenvalue weighted by atomic mass is 16.5. The van der Waals surface area contributed by atoms with Crippen LogP contribution in [-0.4, -0.2) is 59.4 Å². The summed E-state index contributed by atoms with van der Waals surface area (Å²) in [5.41, 5.74) is 1.22. The fourth-order valence-corrected chi connectivity index (χ4v) is 2.88. The molecule has 1 aromatic carbocycles. The molecule has 0 aliphatic carbocycles. The Bertz CT molecular complexity index is 739. The molecule has 2 heterocycles. The number of piperazine rings is 1. The summed E-state index contributed by atoms with van der Waals surface area (Å²) in [5.74, 6) is 0.721. The molecule has 6 heteroatoms. The Morgan fingerprint density at radius 1 is 0.962 bits per heavy atom. The van der Waals surface area contributed by atoms with Crippen LogP contribution < -0.4 is 4.74 Å². The topological polar surface area (TPSA) is 62.7 Å². The largest absolute Gasteiger partial charge is 0.494 e. The minimum Gasteiger partial charge on any atom is -0.494 e. The molecule has 0 bridgehead atoms. The van der Waals surface area contributed by atoms with E-state index in [1.54, 1.807) is 46.5 Å². The average molecular weight is 353 g/mol. The van der Waals surface area contributed by atoms with Crippen molar-refractivity contribution in [2.75, 3.05) is 32.8 Å². The van der Waals surface area contributed by atoms with Crippen LogP contribution in [0.25, 0.3) is 0 Å². The van der Waals surface area contributed by atoms with Crippen molar-refractivity contribution in [3.8, 4) is 5.75 Å². The van der Waals surface area contributed by atoms with Crippen LogP contribution in [0, 0.1) is 0 Å². The van der Waals surface area contributed by atoms with E-state index in [9.17, 15) is 9.59 Å². The van der Waals surface area contributed by atoms with Crippen LogP contribution in [-0.2, 0) is 0 Å². The standard InChI is InChI=1S/C20H23N3O3/c1-2-14-26-18-7-5-16(6-8-18)19(24)22-10-12-23(13-11-22)20(25)17-4-3-9-21-15-17/h3-9,15H,2,10-14H2,1H3. The molecular formula is C20H23N3O3. The van der Waals surface area contributed by atoms with E-state index in [1.165, 1.54) is 0 Å². The number of pyridine rings is 1. The van der Waals surface area contributed by atoms with Crippen LogP contribution in [0.15, 0.2) is 48.8 Å². The Morgan fingerprint density at radius 2 is 1.58 bits per heavy atom. The molecular weight excluding hydrogens is 330 g/mol. The minimum absolute atomic E-state index is 0.0134. The summed E-state index contributed by atoms with van der Waals surface area (Å²) >= 11 is 0. The van der Waals surface area contributed by atoms with Crippen LogP contribution >= 0.6 is 0 Å². The SMILES string of the molecule is CCCOc1ccc(C(=O)N2CCN(C(=O)c3cccnc3)CC2)cc1. The normalized spacial score (nSPS) is 14.2. The van der Waals surface area contributed by atoms with E-state index < -0.39 is 0 Å². The number of nitrogens with zero attached hydrogens (tertiary/aromatic N) is 3. The van der Waals surface area contributed by atoms with Gasteiger partial charge in [0.15, 0.2) is 0 Å². The van der Waals surface area contributed by atoms with Gasteiger partial charge >= 0.3 is 0 Å². The van der Waals surface area contributed by atoms with Crippen molar-refractivity contribution in [3.05, 3.63) is 59.9 Å². The lowest BCUT2D eigenvalue weighted by Gasteiger charge is -2.34. The highest BCUT2D eigenvalue weighted by Crippen LogP contribution is 2.16. The Balaban J connectivity index is 1.56. The van der Waals surface area contributed by atoms with Gasteiger partial charge in [0.1, 0.15) is 5.75 Å². The lowest BCUT2D eigenvalue weighted by Crippen LogP contribution is -2.50. The highest BCUT2D eigenvalue weighted by Gasteiger charge is 2.25. The summed E-state index contributed by atoms with van der Waals surface area (Å²) in [6.45, 7) is 4.82. The van der Waals surface area contributed by atoms with Crippen molar-refractivity contribution >= 4 is 11.8 Å². The molecule has 0 N–H and O–H groups in total. The van der Waals surface area contributed by atoms with Crippen molar-refractivity contribution < 1.29 is 14.3 Å². The zero-order valence-electron chi connectivity index (χ0n) is 14.9. The maximum atomic E-state index is 12.6. The first-order chi connectivity index (χ1) is 12.7. The number of carbonyl (C=O) groups is 2. The summed E-state index contributed by atoms with van der Waals surface area (Å²) in [7, 11) is 0. The predicted molar refractivity (Wildman–Crippen MR) is 98.3 cm³/mol. The zero-order valence-corrected chi connectivity index (χ0v) is 14.9. The number of amides is 2. The summed E-state index contributed by atoms with van der Waals surface area (Å²) in [6.07, 6.45) is 4.16. The highest BCUT2D eigenvalue weighted by molar-refractivity contribution is 5.95. The van der Waals surface area contributed by atoms with Crippen LogP contribution in [0.4, 0.5) is 0 Å². The Kier molecular flexibility index (Phi) is 5.84. The smallest absolute Gasteiger partial charge is 0.255 e. The van der Waals surface area contributed by atoms with E-state index >= 15 is 0 Å². The molecule has 1 aromatic heterocycles. The molecule has 1 saturated heterocycles. The second-order valence-corrected chi connectivity index (χ2v) is 6.20. The number of carbonyl (C=O) groups excluding carboxylic acids is 2. The van der Waals surface area contributed by atoms with Crippen molar-refractivity contribution in [2.24, 2.45) is 0 Å². The van der Waals surface area contributed by atoms with Crippen LogP contribution in [0.2, 0.25) is 0 Å². The van der Waals surface area contributed by atoms with Gasteiger partial charge in [-0.3, -0.25) is 14.6 Å². The summed E-state index contributed by atoms with van der Waals surface area (Å²) in [5, 5.41) is 0. The van der Waals surface area contributed by atoms with E-state index in [0.29, 0.717) is 43.9 Å². The molecule has 0 radical (unpaired) electrons. The monoisotopic (exact) mass is 353 g/mol. The number of hydrogen-bond acceptors (Lipinski definition) is 4. The Labute approximate surface area is 153 Å². The van der Waals surface area contributed by atoms with Gasteiger partial charge in [0.2, 0.25) is 0 Å². The third kappa shape index (κ3) is 4.20. The third-order valence-corrected chi connectivity index (χ3v) is 4.34. The molecule has 0 saturated carbocycles. The van der Waals surface area contributed by atoms with Crippen LogP contribution in [0.1, 0.15) is 34.1 Å². The predicted octanol–water partition coefficient (Wildman–Crippen LogP) is 2.47. The maximum Gasteiger partial charge on any atom is 0.255 e. The number of hydrogen-bond donors (Lipinski definition) is 0. The van der Waals surface area contributed by atoms with Gasteiger partial charge in [-0.2, -0.15) is 0 Å². The van der Waals surface area contributed by atoms with Crippen LogP contribution in [0.3, 0.4) is 0 Å². The average Bonchev–Trinajstić information content (AvgIpc) is 2.72. The first-order valence-corrected chi connectivity index (χ1v) is 8.90. The van der Waals surface area contributed by atoms with E-state index in [4.69, 9.17) is 4.74 Å². The molecule has 2 aromatic rings. The molecule has 2 amide bonds. The summed E-state index contributed by atoms with van der Waals surface area (Å²) in [4.78, 5) is 32.6. The number of aromatic nitrogens is 1. The van der Waals surface area contributed by atoms with Crippen molar-refractivity contribution in [1.82, 2.24) is 14.8 Å². The van der Waals surface area contributed by atoms with E-state index in [-0.39, 0.29) is 11.8 Å². The molecule has 1 fully saturated rings. The van der Waals surface area contributed by atoms with Crippen molar-refractivity contribution in [2.45, 2.75) is 13.3 Å². The Morgan fingerprint density at radius 3 is 2.12 bits per heavy atom. The number of ether oxygens (including phenoxy) is 1. The van der Waals surface area contributed by atoms with Gasteiger partial charge in [0.25, 0.3) is 11.8 Å². The zero-order chi connectivity index (χ0) is 18.4. The molecule has 0 unspecified atom stereocenters. The quantitative estimate of drug-likeness (QED) is 0.828. The molecule has 6 nitrogen and oxygen atoms in total. The van der Waals surface area contributed by atoms with Crippen molar-refractivity contribution in [1.29, 1.82) is 0 Å². The van der Waals surface area contributed by atoms with Gasteiger partial charge in [0.05, 0.1) is 12.2 Å². The van der Waals surface area contributed by atoms with Gasteiger partial charge in [0, 0.05) is 44.1 Å². The first-order valence-electron chi connectivity index (χ1n) is 8.90. The molecule has 26 heavy (non-hydrogen) atoms. The van der Waals surface area contributed by atoms with Gasteiger partial charge in [-0.1, -0.05) is 6.92 Å². The molecule has 1 aliphatic rings. The minimum atomic E-state index is -0.0392. The first kappa shape index (κ1) is 17.9. The van der Waals surface area contributed by atoms with Crippen molar-refractivity contribution in [3.63, 3.8) is 0 Å². The fraction of sp³-hybridized carbons (Fsp3) is 0.350. The Hall–Kier alpha value is -2.89. The van der Waals surface area contributed by atoms with Gasteiger partial charge in [-0.25, -0.2) is 0 Å². The van der Waals surface area contributed by atoms with Crippen LogP contribution in [0.5, 0.6) is 5.75 Å². The lowest BCUT2D eigenvalue weighted by atomic mass is 10.1. The molecule has 3 rings (SSSR count). The molecule has 0 atom stereocenters. The van der Waals surface area contributed by atoms with E-state index in [2.05, 4.69) is 11.9 Å². The second kappa shape index (κ2) is 8.47. The summed E-state index contributed by atoms with van der Waals surface area (Å²) < 4.78 is 5.54.